The number of thiophene rings is 1. The van der Waals surface area contributed by atoms with Crippen LogP contribution in [0.2, 0.25) is 0 Å². The molecule has 2 N–H and O–H groups in total. The first-order valence-electron chi connectivity index (χ1n) is 4.39. The van der Waals surface area contributed by atoms with Gasteiger partial charge < -0.3 is 10.5 Å². The molecule has 0 amide bonds. The molecule has 0 aliphatic heterocycles. The molecule has 2 heterocycles. The van der Waals surface area contributed by atoms with Crippen LogP contribution in [-0.2, 0) is 4.74 Å². The zero-order valence-electron chi connectivity index (χ0n) is 7.93. The molecule has 0 bridgehead atoms. The van der Waals surface area contributed by atoms with Gasteiger partial charge in [-0.25, -0.2) is 0 Å². The van der Waals surface area contributed by atoms with Gasteiger partial charge in [0.1, 0.15) is 0 Å². The van der Waals surface area contributed by atoms with Crippen molar-refractivity contribution >= 4 is 21.6 Å². The normalized spacial score (nSPS) is 13.3. The monoisotopic (exact) mass is 208 g/mol. The summed E-state index contributed by atoms with van der Waals surface area (Å²) in [5, 5.41) is 2.03. The minimum absolute atomic E-state index is 0.0843. The number of pyridine rings is 1. The fourth-order valence-corrected chi connectivity index (χ4v) is 2.13. The Hall–Kier alpha value is -0.970. The Labute approximate surface area is 86.5 Å². The summed E-state index contributed by atoms with van der Waals surface area (Å²) in [5.74, 6) is 0. The molecule has 0 aliphatic rings. The van der Waals surface area contributed by atoms with Crippen LogP contribution >= 0.6 is 11.3 Å². The molecular formula is C10H12N2OS. The molecule has 2 aromatic heterocycles. The lowest BCUT2D eigenvalue weighted by molar-refractivity contribution is 0.181. The molecule has 1 atom stereocenters. The predicted octanol–water partition coefficient (Wildman–Crippen LogP) is 1.94. The maximum absolute atomic E-state index is 5.90. The van der Waals surface area contributed by atoms with E-state index in [0.717, 1.165) is 11.1 Å². The number of nitrogens with zero attached hydrogens (tertiary/aromatic N) is 1. The summed E-state index contributed by atoms with van der Waals surface area (Å²) in [7, 11) is 1.65. The van der Waals surface area contributed by atoms with Crippen LogP contribution in [0.5, 0.6) is 0 Å². The first kappa shape index (κ1) is 9.58. The number of fused-ring (bicyclic) bond motifs is 1. The number of hydrogen-bond acceptors (Lipinski definition) is 4. The van der Waals surface area contributed by atoms with Crippen molar-refractivity contribution in [1.82, 2.24) is 4.98 Å². The molecule has 74 valence electrons. The van der Waals surface area contributed by atoms with Crippen LogP contribution in [0.25, 0.3) is 10.2 Å². The van der Waals surface area contributed by atoms with E-state index in [1.165, 1.54) is 4.70 Å². The highest BCUT2D eigenvalue weighted by Crippen LogP contribution is 2.21. The van der Waals surface area contributed by atoms with E-state index < -0.39 is 0 Å². The zero-order valence-corrected chi connectivity index (χ0v) is 8.75. The van der Waals surface area contributed by atoms with E-state index in [9.17, 15) is 0 Å². The van der Waals surface area contributed by atoms with Crippen LogP contribution in [0.15, 0.2) is 23.7 Å². The Morgan fingerprint density at radius 3 is 3.29 bits per heavy atom. The molecule has 0 radical (unpaired) electrons. The lowest BCUT2D eigenvalue weighted by atomic mass is 10.1. The summed E-state index contributed by atoms with van der Waals surface area (Å²) in [6.07, 6.45) is 1.82. The van der Waals surface area contributed by atoms with Gasteiger partial charge in [-0.3, -0.25) is 4.98 Å². The fourth-order valence-electron chi connectivity index (χ4n) is 1.34. The molecule has 2 rings (SSSR count). The van der Waals surface area contributed by atoms with Gasteiger partial charge in [0.15, 0.2) is 0 Å². The van der Waals surface area contributed by atoms with Crippen LogP contribution < -0.4 is 5.73 Å². The van der Waals surface area contributed by atoms with Crippen molar-refractivity contribution < 1.29 is 4.74 Å². The SMILES string of the molecule is COCC(N)c1cnc2ccsc2c1. The average molecular weight is 208 g/mol. The molecule has 0 aliphatic carbocycles. The summed E-state index contributed by atoms with van der Waals surface area (Å²) in [6, 6.07) is 4.00. The van der Waals surface area contributed by atoms with Crippen molar-refractivity contribution in [2.24, 2.45) is 5.73 Å². The molecule has 0 spiro atoms. The maximum atomic E-state index is 5.90. The standard InChI is InChI=1S/C10H12N2OS/c1-13-6-8(11)7-4-10-9(12-5-7)2-3-14-10/h2-5,8H,6,11H2,1H3. The van der Waals surface area contributed by atoms with Crippen LogP contribution in [0.3, 0.4) is 0 Å². The van der Waals surface area contributed by atoms with Gasteiger partial charge in [0, 0.05) is 13.3 Å². The molecule has 0 aromatic carbocycles. The van der Waals surface area contributed by atoms with Gasteiger partial charge in [0.05, 0.1) is 22.9 Å². The molecule has 0 saturated carbocycles. The highest BCUT2D eigenvalue weighted by molar-refractivity contribution is 7.17. The number of ether oxygens (including phenoxy) is 1. The molecular weight excluding hydrogens is 196 g/mol. The molecule has 0 saturated heterocycles. The Bertz CT molecular complexity index is 427. The highest BCUT2D eigenvalue weighted by atomic mass is 32.1. The Balaban J connectivity index is 2.33. The minimum Gasteiger partial charge on any atom is -0.383 e. The van der Waals surface area contributed by atoms with Crippen LogP contribution in [0, 0.1) is 0 Å². The van der Waals surface area contributed by atoms with Crippen molar-refractivity contribution in [1.29, 1.82) is 0 Å². The average Bonchev–Trinajstić information content (AvgIpc) is 2.64. The van der Waals surface area contributed by atoms with Gasteiger partial charge in [-0.2, -0.15) is 0 Å². The van der Waals surface area contributed by atoms with Gasteiger partial charge in [-0.1, -0.05) is 0 Å². The van der Waals surface area contributed by atoms with Crippen molar-refractivity contribution in [2.75, 3.05) is 13.7 Å². The second-order valence-electron chi connectivity index (χ2n) is 3.13. The second-order valence-corrected chi connectivity index (χ2v) is 4.08. The van der Waals surface area contributed by atoms with Crippen molar-refractivity contribution in [3.8, 4) is 0 Å². The zero-order chi connectivity index (χ0) is 9.97. The number of aromatic nitrogens is 1. The van der Waals surface area contributed by atoms with Gasteiger partial charge in [-0.15, -0.1) is 11.3 Å². The van der Waals surface area contributed by atoms with E-state index in [1.807, 2.05) is 17.6 Å². The van der Waals surface area contributed by atoms with Gasteiger partial charge in [0.25, 0.3) is 0 Å². The summed E-state index contributed by atoms with van der Waals surface area (Å²) in [4.78, 5) is 4.32. The Morgan fingerprint density at radius 2 is 2.50 bits per heavy atom. The minimum atomic E-state index is -0.0843. The number of nitrogens with two attached hydrogens (primary N) is 1. The van der Waals surface area contributed by atoms with E-state index in [2.05, 4.69) is 11.1 Å². The number of hydrogen-bond donors (Lipinski definition) is 1. The van der Waals surface area contributed by atoms with E-state index in [0.29, 0.717) is 6.61 Å². The van der Waals surface area contributed by atoms with Gasteiger partial charge in [-0.05, 0) is 23.1 Å². The third-order valence-corrected chi connectivity index (χ3v) is 2.95. The van der Waals surface area contributed by atoms with E-state index in [-0.39, 0.29) is 6.04 Å². The van der Waals surface area contributed by atoms with Crippen molar-refractivity contribution in [2.45, 2.75) is 6.04 Å². The lowest BCUT2D eigenvalue weighted by Gasteiger charge is -2.09. The van der Waals surface area contributed by atoms with Crippen LogP contribution in [-0.4, -0.2) is 18.7 Å². The molecule has 4 heteroatoms. The van der Waals surface area contributed by atoms with Crippen molar-refractivity contribution in [3.05, 3.63) is 29.3 Å². The quantitative estimate of drug-likeness (QED) is 0.838. The fraction of sp³-hybridized carbons (Fsp3) is 0.300. The van der Waals surface area contributed by atoms with Crippen molar-refractivity contribution in [3.63, 3.8) is 0 Å². The van der Waals surface area contributed by atoms with Gasteiger partial charge in [0.2, 0.25) is 0 Å². The first-order chi connectivity index (χ1) is 6.81. The number of rotatable bonds is 3. The Morgan fingerprint density at radius 1 is 1.64 bits per heavy atom. The summed E-state index contributed by atoms with van der Waals surface area (Å²) in [6.45, 7) is 0.526. The maximum Gasteiger partial charge on any atom is 0.0809 e. The molecule has 14 heavy (non-hydrogen) atoms. The Kier molecular flexibility index (Phi) is 2.77. The third-order valence-electron chi connectivity index (χ3n) is 2.10. The summed E-state index contributed by atoms with van der Waals surface area (Å²) >= 11 is 1.68. The van der Waals surface area contributed by atoms with Crippen LogP contribution in [0.4, 0.5) is 0 Å². The molecule has 0 fully saturated rings. The van der Waals surface area contributed by atoms with Crippen LogP contribution in [0.1, 0.15) is 11.6 Å². The summed E-state index contributed by atoms with van der Waals surface area (Å²) in [5.41, 5.74) is 7.97. The highest BCUT2D eigenvalue weighted by Gasteiger charge is 2.07. The molecule has 2 aromatic rings. The smallest absolute Gasteiger partial charge is 0.0809 e. The first-order valence-corrected chi connectivity index (χ1v) is 5.27. The molecule has 3 nitrogen and oxygen atoms in total. The lowest BCUT2D eigenvalue weighted by Crippen LogP contribution is -2.16. The second kappa shape index (κ2) is 4.04. The van der Waals surface area contributed by atoms with E-state index >= 15 is 0 Å². The van der Waals surface area contributed by atoms with E-state index in [4.69, 9.17) is 10.5 Å². The number of methoxy groups -OCH3 is 1. The predicted molar refractivity (Wildman–Crippen MR) is 58.4 cm³/mol. The summed E-state index contributed by atoms with van der Waals surface area (Å²) < 4.78 is 6.18. The topological polar surface area (TPSA) is 48.1 Å². The third kappa shape index (κ3) is 1.77. The molecule has 1 unspecified atom stereocenters. The largest absolute Gasteiger partial charge is 0.383 e. The van der Waals surface area contributed by atoms with Gasteiger partial charge >= 0.3 is 0 Å². The van der Waals surface area contributed by atoms with E-state index in [1.54, 1.807) is 18.4 Å².